The zero-order chi connectivity index (χ0) is 17.4. The highest BCUT2D eigenvalue weighted by atomic mass is 16.5. The summed E-state index contributed by atoms with van der Waals surface area (Å²) in [7, 11) is 0. The van der Waals surface area contributed by atoms with Crippen LogP contribution in [0.1, 0.15) is 18.1 Å². The summed E-state index contributed by atoms with van der Waals surface area (Å²) in [5.74, 6) is -0.444. The van der Waals surface area contributed by atoms with Crippen LogP contribution in [0.5, 0.6) is 0 Å². The molecule has 0 aromatic heterocycles. The number of anilines is 1. The monoisotopic (exact) mass is 326 g/mol. The molecule has 2 N–H and O–H groups in total. The Balaban J connectivity index is 2.02. The molecule has 2 rings (SSSR count). The molecule has 1 atom stereocenters. The van der Waals surface area contributed by atoms with Crippen LogP contribution >= 0.6 is 0 Å². The van der Waals surface area contributed by atoms with E-state index >= 15 is 0 Å². The molecule has 24 heavy (non-hydrogen) atoms. The van der Waals surface area contributed by atoms with Gasteiger partial charge in [0.05, 0.1) is 6.61 Å². The lowest BCUT2D eigenvalue weighted by atomic mass is 10.1. The summed E-state index contributed by atoms with van der Waals surface area (Å²) in [4.78, 5) is 24.3. The Hall–Kier alpha value is -2.82. The number of hydrogen-bond donors (Lipinski definition) is 2. The van der Waals surface area contributed by atoms with E-state index < -0.39 is 18.0 Å². The van der Waals surface area contributed by atoms with Crippen LogP contribution < -0.4 is 10.6 Å². The minimum absolute atomic E-state index is 0.269. The van der Waals surface area contributed by atoms with E-state index in [-0.39, 0.29) is 6.61 Å². The van der Waals surface area contributed by atoms with Crippen molar-refractivity contribution in [1.82, 2.24) is 5.32 Å². The normalized spacial score (nSPS) is 11.4. The summed E-state index contributed by atoms with van der Waals surface area (Å²) >= 11 is 0. The van der Waals surface area contributed by atoms with Crippen LogP contribution in [-0.2, 0) is 16.0 Å². The van der Waals surface area contributed by atoms with E-state index in [4.69, 9.17) is 4.74 Å². The topological polar surface area (TPSA) is 67.4 Å². The number of rotatable bonds is 6. The Labute approximate surface area is 142 Å². The van der Waals surface area contributed by atoms with Crippen molar-refractivity contribution < 1.29 is 14.3 Å². The van der Waals surface area contributed by atoms with Gasteiger partial charge in [-0.3, -0.25) is 0 Å². The molecule has 0 aliphatic rings. The molecule has 5 heteroatoms. The maximum atomic E-state index is 12.2. The zero-order valence-electron chi connectivity index (χ0n) is 13.9. The number of urea groups is 1. The highest BCUT2D eigenvalue weighted by Gasteiger charge is 2.22. The summed E-state index contributed by atoms with van der Waals surface area (Å²) < 4.78 is 5.06. The first-order valence-corrected chi connectivity index (χ1v) is 7.93. The van der Waals surface area contributed by atoms with E-state index in [0.29, 0.717) is 12.1 Å². The van der Waals surface area contributed by atoms with Gasteiger partial charge in [-0.15, -0.1) is 0 Å². The fourth-order valence-corrected chi connectivity index (χ4v) is 2.25. The Morgan fingerprint density at radius 2 is 1.71 bits per heavy atom. The van der Waals surface area contributed by atoms with Crippen LogP contribution in [-0.4, -0.2) is 24.6 Å². The van der Waals surface area contributed by atoms with E-state index in [1.54, 1.807) is 6.92 Å². The first-order chi connectivity index (χ1) is 11.6. The maximum Gasteiger partial charge on any atom is 0.329 e. The van der Waals surface area contributed by atoms with Crippen molar-refractivity contribution in [3.63, 3.8) is 0 Å². The van der Waals surface area contributed by atoms with Crippen molar-refractivity contribution in [2.75, 3.05) is 11.9 Å². The number of carbonyl (C=O) groups is 2. The Kier molecular flexibility index (Phi) is 6.37. The summed E-state index contributed by atoms with van der Waals surface area (Å²) in [6.45, 7) is 3.98. The molecular formula is C19H22N2O3. The van der Waals surface area contributed by atoms with Crippen molar-refractivity contribution >= 4 is 17.7 Å². The molecule has 0 bridgehead atoms. The highest BCUT2D eigenvalue weighted by Crippen LogP contribution is 2.09. The third kappa shape index (κ3) is 5.43. The third-order valence-electron chi connectivity index (χ3n) is 3.47. The predicted molar refractivity (Wildman–Crippen MR) is 93.9 cm³/mol. The van der Waals surface area contributed by atoms with Gasteiger partial charge in [0.15, 0.2) is 0 Å². The number of esters is 1. The smallest absolute Gasteiger partial charge is 0.329 e. The number of carbonyl (C=O) groups excluding carboxylic acids is 2. The number of amides is 2. The molecule has 0 aliphatic heterocycles. The molecule has 0 saturated carbocycles. The Bertz CT molecular complexity index is 669. The quantitative estimate of drug-likeness (QED) is 0.801. The highest BCUT2D eigenvalue weighted by molar-refractivity contribution is 5.92. The molecule has 2 amide bonds. The number of aryl methyl sites for hydroxylation is 1. The molecule has 0 spiro atoms. The molecule has 0 fully saturated rings. The van der Waals surface area contributed by atoms with Crippen molar-refractivity contribution in [3.05, 3.63) is 65.7 Å². The van der Waals surface area contributed by atoms with Gasteiger partial charge in [0.2, 0.25) is 0 Å². The Morgan fingerprint density at radius 3 is 2.33 bits per heavy atom. The van der Waals surface area contributed by atoms with E-state index in [1.807, 2.05) is 61.5 Å². The van der Waals surface area contributed by atoms with Gasteiger partial charge in [0.1, 0.15) is 6.04 Å². The third-order valence-corrected chi connectivity index (χ3v) is 3.47. The first kappa shape index (κ1) is 17.5. The molecule has 0 radical (unpaired) electrons. The van der Waals surface area contributed by atoms with Crippen molar-refractivity contribution in [3.8, 4) is 0 Å². The first-order valence-electron chi connectivity index (χ1n) is 7.93. The van der Waals surface area contributed by atoms with Gasteiger partial charge in [0, 0.05) is 12.1 Å². The van der Waals surface area contributed by atoms with Gasteiger partial charge < -0.3 is 15.4 Å². The predicted octanol–water partition coefficient (Wildman–Crippen LogP) is 3.29. The molecule has 126 valence electrons. The molecule has 2 aromatic rings. The van der Waals surface area contributed by atoms with E-state index in [9.17, 15) is 9.59 Å². The minimum atomic E-state index is -0.738. The lowest BCUT2D eigenvalue weighted by molar-refractivity contribution is -0.145. The largest absolute Gasteiger partial charge is 0.464 e. The number of benzene rings is 2. The van der Waals surface area contributed by atoms with E-state index in [1.165, 1.54) is 0 Å². The average Bonchev–Trinajstić information content (AvgIpc) is 2.57. The van der Waals surface area contributed by atoms with Gasteiger partial charge in [-0.2, -0.15) is 0 Å². The van der Waals surface area contributed by atoms with Crippen molar-refractivity contribution in [1.29, 1.82) is 0 Å². The van der Waals surface area contributed by atoms with Crippen molar-refractivity contribution in [2.24, 2.45) is 0 Å². The second-order valence-corrected chi connectivity index (χ2v) is 5.46. The lowest BCUT2D eigenvalue weighted by Crippen LogP contribution is -2.45. The molecule has 0 heterocycles. The van der Waals surface area contributed by atoms with Gasteiger partial charge in [-0.1, -0.05) is 48.0 Å². The van der Waals surface area contributed by atoms with Gasteiger partial charge in [-0.05, 0) is 31.5 Å². The van der Waals surface area contributed by atoms with E-state index in [0.717, 1.165) is 11.1 Å². The fourth-order valence-electron chi connectivity index (χ4n) is 2.25. The van der Waals surface area contributed by atoms with Crippen LogP contribution in [0.3, 0.4) is 0 Å². The van der Waals surface area contributed by atoms with Crippen LogP contribution in [0.25, 0.3) is 0 Å². The number of nitrogens with one attached hydrogen (secondary N) is 2. The summed E-state index contributed by atoms with van der Waals surface area (Å²) in [6.07, 6.45) is 0.376. The Morgan fingerprint density at radius 1 is 1.04 bits per heavy atom. The standard InChI is InChI=1S/C19H22N2O3/c1-3-24-18(22)17(13-15-7-5-4-6-8-15)21-19(23)20-16-11-9-14(2)10-12-16/h4-12,17H,3,13H2,1-2H3,(H2,20,21,23). The van der Waals surface area contributed by atoms with Gasteiger partial charge in [0.25, 0.3) is 0 Å². The average molecular weight is 326 g/mol. The van der Waals surface area contributed by atoms with Crippen LogP contribution in [0, 0.1) is 6.92 Å². The zero-order valence-corrected chi connectivity index (χ0v) is 13.9. The fraction of sp³-hybridized carbons (Fsp3) is 0.263. The molecule has 2 aromatic carbocycles. The molecule has 5 nitrogen and oxygen atoms in total. The molecule has 1 unspecified atom stereocenters. The van der Waals surface area contributed by atoms with Crippen LogP contribution in [0.2, 0.25) is 0 Å². The second-order valence-electron chi connectivity index (χ2n) is 5.46. The van der Waals surface area contributed by atoms with Crippen LogP contribution in [0.4, 0.5) is 10.5 Å². The van der Waals surface area contributed by atoms with Gasteiger partial charge >= 0.3 is 12.0 Å². The van der Waals surface area contributed by atoms with Crippen molar-refractivity contribution in [2.45, 2.75) is 26.3 Å². The maximum absolute atomic E-state index is 12.2. The molecule has 0 aliphatic carbocycles. The molecule has 0 saturated heterocycles. The van der Waals surface area contributed by atoms with Crippen LogP contribution in [0.15, 0.2) is 54.6 Å². The van der Waals surface area contributed by atoms with E-state index in [2.05, 4.69) is 10.6 Å². The summed E-state index contributed by atoms with van der Waals surface area (Å²) in [5.41, 5.74) is 2.72. The molecular weight excluding hydrogens is 304 g/mol. The number of hydrogen-bond acceptors (Lipinski definition) is 3. The second kappa shape index (κ2) is 8.72. The lowest BCUT2D eigenvalue weighted by Gasteiger charge is -2.18. The minimum Gasteiger partial charge on any atom is -0.464 e. The summed E-state index contributed by atoms with van der Waals surface area (Å²) in [5, 5.41) is 5.41. The number of ether oxygens (including phenoxy) is 1. The SMILES string of the molecule is CCOC(=O)C(Cc1ccccc1)NC(=O)Nc1ccc(C)cc1. The summed E-state index contributed by atoms with van der Waals surface area (Å²) in [6, 6.07) is 15.8. The van der Waals surface area contributed by atoms with Gasteiger partial charge in [-0.25, -0.2) is 9.59 Å².